The van der Waals surface area contributed by atoms with Crippen molar-refractivity contribution in [3.63, 3.8) is 0 Å². The van der Waals surface area contributed by atoms with Crippen LogP contribution in [0.2, 0.25) is 0 Å². The zero-order chi connectivity index (χ0) is 16.6. The Kier molecular flexibility index (Phi) is 3.62. The van der Waals surface area contributed by atoms with E-state index in [1.807, 2.05) is 13.0 Å². The molecule has 0 spiro atoms. The molecule has 0 saturated heterocycles. The molecular weight excluding hydrogens is 292 g/mol. The van der Waals surface area contributed by atoms with Crippen LogP contribution in [0.15, 0.2) is 48.3 Å². The minimum Gasteiger partial charge on any atom is -0.352 e. The second-order valence-corrected chi connectivity index (χ2v) is 5.38. The molecule has 114 valence electrons. The smallest absolute Gasteiger partial charge is 0.211 e. The van der Waals surface area contributed by atoms with Crippen LogP contribution in [0.4, 0.5) is 5.69 Å². The molecule has 1 aliphatic carbocycles. The summed E-state index contributed by atoms with van der Waals surface area (Å²) in [6.45, 7) is 3.34. The molecule has 5 nitrogen and oxygen atoms in total. The summed E-state index contributed by atoms with van der Waals surface area (Å²) in [6.07, 6.45) is 2.70. The minimum absolute atomic E-state index is 0.117. The Bertz CT molecular complexity index is 882. The third-order valence-corrected chi connectivity index (χ3v) is 3.63. The fourth-order valence-corrected chi connectivity index (χ4v) is 2.49. The first-order chi connectivity index (χ1) is 11.0. The molecule has 0 bridgehead atoms. The SMILES string of the molecule is CC(=O)c1cc(C)ccc1NC1=CC(=O)c2ncccc2C1=O. The Hall–Kier alpha value is -3.08. The summed E-state index contributed by atoms with van der Waals surface area (Å²) < 4.78 is 0. The molecule has 0 amide bonds. The normalized spacial score (nSPS) is 13.4. The van der Waals surface area contributed by atoms with Gasteiger partial charge in [0.15, 0.2) is 5.78 Å². The van der Waals surface area contributed by atoms with Gasteiger partial charge in [0.05, 0.1) is 11.3 Å². The van der Waals surface area contributed by atoms with Crippen molar-refractivity contribution < 1.29 is 14.4 Å². The highest BCUT2D eigenvalue weighted by Gasteiger charge is 2.27. The van der Waals surface area contributed by atoms with Gasteiger partial charge in [0, 0.05) is 23.5 Å². The summed E-state index contributed by atoms with van der Waals surface area (Å²) in [5.41, 5.74) is 2.47. The standard InChI is InChI=1S/C18H14N2O3/c1-10-5-6-14(13(8-10)11(2)21)20-15-9-16(22)17-12(18(15)23)4-3-7-19-17/h3-9,20H,1-2H3. The lowest BCUT2D eigenvalue weighted by atomic mass is 9.96. The molecule has 1 aromatic carbocycles. The highest BCUT2D eigenvalue weighted by molar-refractivity contribution is 6.24. The van der Waals surface area contributed by atoms with Gasteiger partial charge < -0.3 is 5.32 Å². The van der Waals surface area contributed by atoms with Gasteiger partial charge in [-0.05, 0) is 38.1 Å². The van der Waals surface area contributed by atoms with Crippen molar-refractivity contribution in [2.24, 2.45) is 0 Å². The predicted octanol–water partition coefficient (Wildman–Crippen LogP) is 2.97. The molecule has 1 heterocycles. The minimum atomic E-state index is -0.334. The number of allylic oxidation sites excluding steroid dienone is 2. The van der Waals surface area contributed by atoms with Gasteiger partial charge in [-0.3, -0.25) is 19.4 Å². The van der Waals surface area contributed by atoms with Gasteiger partial charge in [-0.1, -0.05) is 11.6 Å². The molecule has 3 rings (SSSR count). The molecule has 0 aliphatic heterocycles. The van der Waals surface area contributed by atoms with Crippen LogP contribution < -0.4 is 5.32 Å². The van der Waals surface area contributed by atoms with Crippen LogP contribution in [0.1, 0.15) is 43.7 Å². The average Bonchev–Trinajstić information content (AvgIpc) is 2.53. The van der Waals surface area contributed by atoms with Crippen molar-refractivity contribution in [1.82, 2.24) is 4.98 Å². The molecule has 0 fully saturated rings. The van der Waals surface area contributed by atoms with E-state index >= 15 is 0 Å². The number of nitrogens with one attached hydrogen (secondary N) is 1. The number of nitrogens with zero attached hydrogens (tertiary/aromatic N) is 1. The Labute approximate surface area is 133 Å². The summed E-state index contributed by atoms with van der Waals surface area (Å²) in [6, 6.07) is 8.48. The van der Waals surface area contributed by atoms with Gasteiger partial charge in [0.1, 0.15) is 5.69 Å². The summed E-state index contributed by atoms with van der Waals surface area (Å²) in [5, 5.41) is 2.92. The summed E-state index contributed by atoms with van der Waals surface area (Å²) in [5.74, 6) is -0.768. The maximum Gasteiger partial charge on any atom is 0.211 e. The quantitative estimate of drug-likeness (QED) is 0.882. The van der Waals surface area contributed by atoms with E-state index in [2.05, 4.69) is 10.3 Å². The van der Waals surface area contributed by atoms with Crippen molar-refractivity contribution in [3.8, 4) is 0 Å². The largest absolute Gasteiger partial charge is 0.352 e. The molecule has 2 aromatic rings. The van der Waals surface area contributed by atoms with Crippen LogP contribution in [0, 0.1) is 6.92 Å². The van der Waals surface area contributed by atoms with Gasteiger partial charge in [-0.15, -0.1) is 0 Å². The van der Waals surface area contributed by atoms with Crippen LogP contribution >= 0.6 is 0 Å². The van der Waals surface area contributed by atoms with E-state index in [-0.39, 0.29) is 34.3 Å². The number of aromatic nitrogens is 1. The number of fused-ring (bicyclic) bond motifs is 1. The average molecular weight is 306 g/mol. The zero-order valence-electron chi connectivity index (χ0n) is 12.7. The van der Waals surface area contributed by atoms with Crippen LogP contribution in [-0.2, 0) is 0 Å². The highest BCUT2D eigenvalue weighted by atomic mass is 16.1. The van der Waals surface area contributed by atoms with Crippen molar-refractivity contribution in [2.45, 2.75) is 13.8 Å². The highest BCUT2D eigenvalue weighted by Crippen LogP contribution is 2.24. The molecule has 23 heavy (non-hydrogen) atoms. The van der Waals surface area contributed by atoms with E-state index < -0.39 is 0 Å². The lowest BCUT2D eigenvalue weighted by molar-refractivity contribution is 0.0981. The summed E-state index contributed by atoms with van der Waals surface area (Å²) in [4.78, 5) is 40.3. The van der Waals surface area contributed by atoms with Gasteiger partial charge in [-0.25, -0.2) is 0 Å². The van der Waals surface area contributed by atoms with Crippen molar-refractivity contribution in [2.75, 3.05) is 5.32 Å². The topological polar surface area (TPSA) is 76.1 Å². The summed E-state index contributed by atoms with van der Waals surface area (Å²) in [7, 11) is 0. The van der Waals surface area contributed by atoms with E-state index in [1.54, 1.807) is 24.3 Å². The van der Waals surface area contributed by atoms with Gasteiger partial charge in [-0.2, -0.15) is 0 Å². The number of Topliss-reactive ketones (excluding diaryl/α,β-unsaturated/α-hetero) is 2. The molecule has 1 aromatic heterocycles. The second kappa shape index (κ2) is 5.61. The number of rotatable bonds is 3. The number of benzene rings is 1. The van der Waals surface area contributed by atoms with Crippen LogP contribution in [0.5, 0.6) is 0 Å². The van der Waals surface area contributed by atoms with E-state index in [4.69, 9.17) is 0 Å². The van der Waals surface area contributed by atoms with Crippen LogP contribution in [-0.4, -0.2) is 22.3 Å². The lowest BCUT2D eigenvalue weighted by Crippen LogP contribution is -2.23. The van der Waals surface area contributed by atoms with Crippen molar-refractivity contribution in [3.05, 3.63) is 70.7 Å². The molecule has 0 radical (unpaired) electrons. The maximum atomic E-state index is 12.5. The molecule has 0 unspecified atom stereocenters. The number of carbonyl (C=O) groups is 3. The number of hydrogen-bond donors (Lipinski definition) is 1. The Morgan fingerprint density at radius 1 is 1.17 bits per heavy atom. The third kappa shape index (κ3) is 2.68. The fraction of sp³-hybridized carbons (Fsp3) is 0.111. The number of carbonyl (C=O) groups excluding carboxylic acids is 3. The molecule has 1 aliphatic rings. The molecule has 5 heteroatoms. The van der Waals surface area contributed by atoms with Crippen molar-refractivity contribution >= 4 is 23.0 Å². The van der Waals surface area contributed by atoms with E-state index in [0.717, 1.165) is 5.56 Å². The second-order valence-electron chi connectivity index (χ2n) is 5.38. The first kappa shape index (κ1) is 14.8. The maximum absolute atomic E-state index is 12.5. The number of pyridine rings is 1. The van der Waals surface area contributed by atoms with Crippen LogP contribution in [0.25, 0.3) is 0 Å². The van der Waals surface area contributed by atoms with Gasteiger partial charge in [0.2, 0.25) is 11.6 Å². The van der Waals surface area contributed by atoms with Gasteiger partial charge >= 0.3 is 0 Å². The third-order valence-electron chi connectivity index (χ3n) is 3.63. The lowest BCUT2D eigenvalue weighted by Gasteiger charge is -2.17. The number of aryl methyl sites for hydroxylation is 1. The first-order valence-corrected chi connectivity index (χ1v) is 7.11. The Morgan fingerprint density at radius 2 is 1.96 bits per heavy atom. The van der Waals surface area contributed by atoms with E-state index in [9.17, 15) is 14.4 Å². The first-order valence-electron chi connectivity index (χ1n) is 7.11. The Balaban J connectivity index is 2.01. The van der Waals surface area contributed by atoms with Crippen molar-refractivity contribution in [1.29, 1.82) is 0 Å². The Morgan fingerprint density at radius 3 is 2.70 bits per heavy atom. The predicted molar refractivity (Wildman–Crippen MR) is 85.8 cm³/mol. The van der Waals surface area contributed by atoms with Crippen LogP contribution in [0.3, 0.4) is 0 Å². The monoisotopic (exact) mass is 306 g/mol. The molecule has 0 saturated carbocycles. The van der Waals surface area contributed by atoms with Gasteiger partial charge in [0.25, 0.3) is 0 Å². The molecule has 1 N–H and O–H groups in total. The molecule has 0 atom stereocenters. The van der Waals surface area contributed by atoms with E-state index in [0.29, 0.717) is 11.3 Å². The number of hydrogen-bond acceptors (Lipinski definition) is 5. The number of anilines is 1. The molecular formula is C18H14N2O3. The number of ketones is 3. The zero-order valence-corrected chi connectivity index (χ0v) is 12.7. The fourth-order valence-electron chi connectivity index (χ4n) is 2.49. The summed E-state index contributed by atoms with van der Waals surface area (Å²) >= 11 is 0. The van der Waals surface area contributed by atoms with E-state index in [1.165, 1.54) is 19.2 Å².